The monoisotopic (exact) mass is 451 g/mol. The Labute approximate surface area is 190 Å². The summed E-state index contributed by atoms with van der Waals surface area (Å²) in [6, 6.07) is 15.9. The number of thioether (sulfide) groups is 1. The maximum atomic E-state index is 12.9. The zero-order valence-electron chi connectivity index (χ0n) is 17.6. The molecule has 1 unspecified atom stereocenters. The van der Waals surface area contributed by atoms with Gasteiger partial charge in [-0.1, -0.05) is 42.8 Å². The van der Waals surface area contributed by atoms with Gasteiger partial charge in [-0.25, -0.2) is 4.98 Å². The fourth-order valence-electron chi connectivity index (χ4n) is 3.10. The van der Waals surface area contributed by atoms with Crippen molar-refractivity contribution in [3.63, 3.8) is 0 Å². The van der Waals surface area contributed by atoms with Crippen LogP contribution in [0.15, 0.2) is 58.8 Å². The van der Waals surface area contributed by atoms with Crippen LogP contribution < -0.4 is 10.6 Å². The Balaban J connectivity index is 1.38. The minimum Gasteiger partial charge on any atom is -0.326 e. The normalized spacial score (nSPS) is 14.1. The maximum absolute atomic E-state index is 12.9. The SMILES string of the molecule is CCC(Sc1cccc(NC(=O)C2CC2)c1)C(=O)Nc1nc(-c2ccc(C)cc2)cs1. The average Bonchev–Trinajstić information content (AvgIpc) is 3.52. The molecule has 1 heterocycles. The lowest BCUT2D eigenvalue weighted by Crippen LogP contribution is -2.24. The maximum Gasteiger partial charge on any atom is 0.239 e. The number of hydrogen-bond donors (Lipinski definition) is 2. The molecule has 1 fully saturated rings. The van der Waals surface area contributed by atoms with Crippen LogP contribution in [0.1, 0.15) is 31.7 Å². The van der Waals surface area contributed by atoms with E-state index in [4.69, 9.17) is 0 Å². The van der Waals surface area contributed by atoms with Gasteiger partial charge in [-0.2, -0.15) is 0 Å². The summed E-state index contributed by atoms with van der Waals surface area (Å²) in [5, 5.41) is 8.24. The standard InChI is InChI=1S/C24H25N3O2S2/c1-3-21(31-19-6-4-5-18(13-19)25-22(28)17-11-12-17)23(29)27-24-26-20(14-30-24)16-9-7-15(2)8-10-16/h4-10,13-14,17,21H,3,11-12H2,1-2H3,(H,25,28)(H,26,27,29). The molecule has 0 aliphatic heterocycles. The van der Waals surface area contributed by atoms with Gasteiger partial charge in [0.2, 0.25) is 11.8 Å². The van der Waals surface area contributed by atoms with Crippen LogP contribution in [0, 0.1) is 12.8 Å². The average molecular weight is 452 g/mol. The van der Waals surface area contributed by atoms with Crippen LogP contribution in [0.4, 0.5) is 10.8 Å². The molecule has 1 aliphatic carbocycles. The lowest BCUT2D eigenvalue weighted by Gasteiger charge is -2.14. The van der Waals surface area contributed by atoms with Crippen LogP contribution in [0.3, 0.4) is 0 Å². The van der Waals surface area contributed by atoms with Crippen LogP contribution in [0.5, 0.6) is 0 Å². The summed E-state index contributed by atoms with van der Waals surface area (Å²) in [5.41, 5.74) is 3.88. The zero-order valence-corrected chi connectivity index (χ0v) is 19.2. The number of carbonyl (C=O) groups is 2. The van der Waals surface area contributed by atoms with Crippen LogP contribution in [0.2, 0.25) is 0 Å². The summed E-state index contributed by atoms with van der Waals surface area (Å²) in [6.07, 6.45) is 2.63. The molecule has 1 aromatic heterocycles. The number of nitrogens with zero attached hydrogens (tertiary/aromatic N) is 1. The largest absolute Gasteiger partial charge is 0.326 e. The van der Waals surface area contributed by atoms with Gasteiger partial charge in [-0.3, -0.25) is 9.59 Å². The Morgan fingerprint density at radius 2 is 1.94 bits per heavy atom. The number of thiazole rings is 1. The van der Waals surface area contributed by atoms with Crippen LogP contribution in [-0.4, -0.2) is 22.0 Å². The first-order valence-electron chi connectivity index (χ1n) is 10.4. The van der Waals surface area contributed by atoms with Gasteiger partial charge in [0.05, 0.1) is 10.9 Å². The third-order valence-electron chi connectivity index (χ3n) is 5.07. The molecule has 7 heteroatoms. The lowest BCUT2D eigenvalue weighted by molar-refractivity contribution is -0.117. The Morgan fingerprint density at radius 3 is 2.65 bits per heavy atom. The molecule has 31 heavy (non-hydrogen) atoms. The van der Waals surface area contributed by atoms with E-state index in [1.54, 1.807) is 0 Å². The molecular formula is C24H25N3O2S2. The van der Waals surface area contributed by atoms with Gasteiger partial charge in [-0.05, 0) is 44.4 Å². The number of aryl methyl sites for hydroxylation is 1. The van der Waals surface area contributed by atoms with Gasteiger partial charge in [0.1, 0.15) is 0 Å². The third-order valence-corrected chi connectivity index (χ3v) is 7.19. The van der Waals surface area contributed by atoms with Gasteiger partial charge < -0.3 is 10.6 Å². The second kappa shape index (κ2) is 9.66. The predicted molar refractivity (Wildman–Crippen MR) is 129 cm³/mol. The van der Waals surface area contributed by atoms with Crippen LogP contribution >= 0.6 is 23.1 Å². The minimum absolute atomic E-state index is 0.0651. The van der Waals surface area contributed by atoms with E-state index < -0.39 is 0 Å². The molecule has 5 nitrogen and oxygen atoms in total. The molecule has 2 aromatic carbocycles. The summed E-state index contributed by atoms with van der Waals surface area (Å²) >= 11 is 2.93. The highest BCUT2D eigenvalue weighted by atomic mass is 32.2. The number of aromatic nitrogens is 1. The third kappa shape index (κ3) is 5.74. The predicted octanol–water partition coefficient (Wildman–Crippen LogP) is 5.98. The van der Waals surface area contributed by atoms with Gasteiger partial charge in [0.15, 0.2) is 5.13 Å². The van der Waals surface area contributed by atoms with Crippen molar-refractivity contribution in [1.29, 1.82) is 0 Å². The van der Waals surface area contributed by atoms with Crippen molar-refractivity contribution < 1.29 is 9.59 Å². The fourth-order valence-corrected chi connectivity index (χ4v) is 4.83. The molecule has 1 atom stereocenters. The minimum atomic E-state index is -0.249. The fraction of sp³-hybridized carbons (Fsp3) is 0.292. The number of anilines is 2. The van der Waals surface area contributed by atoms with Gasteiger partial charge in [0.25, 0.3) is 0 Å². The topological polar surface area (TPSA) is 71.1 Å². The van der Waals surface area contributed by atoms with Crippen LogP contribution in [-0.2, 0) is 9.59 Å². The van der Waals surface area contributed by atoms with Gasteiger partial charge in [0, 0.05) is 27.4 Å². The second-order valence-electron chi connectivity index (χ2n) is 7.70. The first kappa shape index (κ1) is 21.6. The van der Waals surface area contributed by atoms with Crippen LogP contribution in [0.25, 0.3) is 11.3 Å². The number of carbonyl (C=O) groups excluding carboxylic acids is 2. The van der Waals surface area contributed by atoms with Crippen molar-refractivity contribution in [1.82, 2.24) is 4.98 Å². The molecule has 1 saturated carbocycles. The van der Waals surface area contributed by atoms with Crippen molar-refractivity contribution in [2.45, 2.75) is 43.3 Å². The summed E-state index contributed by atoms with van der Waals surface area (Å²) in [4.78, 5) is 30.4. The highest BCUT2D eigenvalue weighted by Gasteiger charge is 2.29. The van der Waals surface area contributed by atoms with E-state index in [1.807, 2.05) is 48.7 Å². The summed E-state index contributed by atoms with van der Waals surface area (Å²) in [5.74, 6) is 0.179. The second-order valence-corrected chi connectivity index (χ2v) is 9.83. The van der Waals surface area contributed by atoms with E-state index >= 15 is 0 Å². The van der Waals surface area contributed by atoms with Crippen molar-refractivity contribution >= 4 is 45.7 Å². The molecule has 160 valence electrons. The number of hydrogen-bond acceptors (Lipinski definition) is 5. The number of rotatable bonds is 8. The summed E-state index contributed by atoms with van der Waals surface area (Å²) < 4.78 is 0. The Morgan fingerprint density at radius 1 is 1.16 bits per heavy atom. The molecule has 0 spiro atoms. The first-order valence-corrected chi connectivity index (χ1v) is 12.2. The number of benzene rings is 2. The van der Waals surface area contributed by atoms with Crippen molar-refractivity contribution in [3.05, 3.63) is 59.5 Å². The molecule has 0 bridgehead atoms. The van der Waals surface area contributed by atoms with Gasteiger partial charge >= 0.3 is 0 Å². The van der Waals surface area contributed by atoms with E-state index in [1.165, 1.54) is 28.7 Å². The summed E-state index contributed by atoms with van der Waals surface area (Å²) in [7, 11) is 0. The molecule has 4 rings (SSSR count). The van der Waals surface area contributed by atoms with Gasteiger partial charge in [-0.15, -0.1) is 23.1 Å². The van der Waals surface area contributed by atoms with Crippen molar-refractivity contribution in [3.8, 4) is 11.3 Å². The van der Waals surface area contributed by atoms with E-state index in [2.05, 4.69) is 34.7 Å². The molecule has 1 aliphatic rings. The van der Waals surface area contributed by atoms with E-state index in [9.17, 15) is 9.59 Å². The Hall–Kier alpha value is -2.64. The van der Waals surface area contributed by atoms with Crippen molar-refractivity contribution in [2.24, 2.45) is 5.92 Å². The molecule has 3 aromatic rings. The lowest BCUT2D eigenvalue weighted by atomic mass is 10.1. The zero-order chi connectivity index (χ0) is 21.8. The Kier molecular flexibility index (Phi) is 6.73. The van der Waals surface area contributed by atoms with E-state index in [0.717, 1.165) is 34.7 Å². The molecular weight excluding hydrogens is 426 g/mol. The highest BCUT2D eigenvalue weighted by molar-refractivity contribution is 8.00. The van der Waals surface area contributed by atoms with E-state index in [0.29, 0.717) is 11.6 Å². The quantitative estimate of drug-likeness (QED) is 0.414. The van der Waals surface area contributed by atoms with Crippen molar-refractivity contribution in [2.75, 3.05) is 10.6 Å². The smallest absolute Gasteiger partial charge is 0.239 e. The van der Waals surface area contributed by atoms with E-state index in [-0.39, 0.29) is 23.0 Å². The molecule has 0 radical (unpaired) electrons. The number of nitrogens with one attached hydrogen (secondary N) is 2. The highest BCUT2D eigenvalue weighted by Crippen LogP contribution is 2.32. The molecule has 0 saturated heterocycles. The summed E-state index contributed by atoms with van der Waals surface area (Å²) in [6.45, 7) is 4.05. The molecule has 2 N–H and O–H groups in total. The first-order chi connectivity index (χ1) is 15.0. The number of amides is 2. The Bertz CT molecular complexity index is 1070. The molecule has 2 amide bonds.